The van der Waals surface area contributed by atoms with Crippen molar-refractivity contribution in [3.8, 4) is 5.75 Å². The van der Waals surface area contributed by atoms with E-state index < -0.39 is 17.8 Å². The number of amides is 1. The first-order chi connectivity index (χ1) is 15.8. The van der Waals surface area contributed by atoms with Crippen LogP contribution in [-0.4, -0.2) is 34.5 Å². The molecule has 4 rings (SSSR count). The van der Waals surface area contributed by atoms with Gasteiger partial charge in [0.1, 0.15) is 22.6 Å². The second-order valence-electron chi connectivity index (χ2n) is 7.05. The van der Waals surface area contributed by atoms with Crippen molar-refractivity contribution < 1.29 is 27.1 Å². The Labute approximate surface area is 196 Å². The summed E-state index contributed by atoms with van der Waals surface area (Å²) < 4.78 is 49.1. The number of methoxy groups -OCH3 is 1. The average molecular weight is 496 g/mol. The van der Waals surface area contributed by atoms with Crippen LogP contribution >= 0.6 is 23.4 Å². The Balaban J connectivity index is 1.52. The van der Waals surface area contributed by atoms with Crippen molar-refractivity contribution in [3.63, 3.8) is 0 Å². The molecular weight excluding hydrogens is 479 g/mol. The highest BCUT2D eigenvalue weighted by atomic mass is 35.5. The monoisotopic (exact) mass is 495 g/mol. The molecule has 11 heteroatoms. The molecule has 1 unspecified atom stereocenters. The number of carbonyl (C=O) groups excluding carboxylic acids is 1. The number of pyridine rings is 1. The molecule has 0 aliphatic carbocycles. The molecular formula is C22H17ClF3N3O3S. The molecule has 1 aliphatic heterocycles. The Bertz CT molecular complexity index is 1170. The number of carbonyl (C=O) groups is 1. The summed E-state index contributed by atoms with van der Waals surface area (Å²) in [5.74, 6) is 0.800. The van der Waals surface area contributed by atoms with Crippen LogP contribution < -0.4 is 4.74 Å². The summed E-state index contributed by atoms with van der Waals surface area (Å²) in [7, 11) is 1.57. The summed E-state index contributed by atoms with van der Waals surface area (Å²) in [6.07, 6.45) is -1.90. The predicted octanol–water partition coefficient (Wildman–Crippen LogP) is 5.83. The Hall–Kier alpha value is -2.98. The van der Waals surface area contributed by atoms with Gasteiger partial charge >= 0.3 is 6.18 Å². The molecule has 0 fully saturated rings. The Morgan fingerprint density at radius 2 is 2.06 bits per heavy atom. The molecule has 1 aromatic carbocycles. The second-order valence-corrected chi connectivity index (χ2v) is 8.42. The Morgan fingerprint density at radius 3 is 2.67 bits per heavy atom. The number of hydrogen-bond donors (Lipinski definition) is 0. The van der Waals surface area contributed by atoms with Gasteiger partial charge in [-0.3, -0.25) is 4.79 Å². The van der Waals surface area contributed by atoms with Gasteiger partial charge in [0.25, 0.3) is 5.91 Å². The standard InChI is InChI=1S/C22H17ClF3N3O3S/c1-31-15-6-4-13(5-7-15)17-10-18(19-3-2-8-32-19)29(28-17)20(30)12-33-21-16(23)9-14(11-27-21)22(24,25)26/h2-9,11,18H,10,12H2,1H3. The second kappa shape index (κ2) is 9.48. The lowest BCUT2D eigenvalue weighted by atomic mass is 10.0. The summed E-state index contributed by atoms with van der Waals surface area (Å²) in [4.78, 5) is 16.8. The minimum absolute atomic E-state index is 0.116. The fourth-order valence-electron chi connectivity index (χ4n) is 3.28. The van der Waals surface area contributed by atoms with E-state index in [2.05, 4.69) is 10.1 Å². The summed E-state index contributed by atoms with van der Waals surface area (Å²) in [6.45, 7) is 0. The number of benzene rings is 1. The van der Waals surface area contributed by atoms with Crippen molar-refractivity contribution in [1.29, 1.82) is 0 Å². The van der Waals surface area contributed by atoms with Crippen LogP contribution in [0, 0.1) is 0 Å². The molecule has 0 radical (unpaired) electrons. The lowest BCUT2D eigenvalue weighted by Gasteiger charge is -2.19. The summed E-state index contributed by atoms with van der Waals surface area (Å²) in [5.41, 5.74) is 0.584. The van der Waals surface area contributed by atoms with Crippen LogP contribution in [0.5, 0.6) is 5.75 Å². The quantitative estimate of drug-likeness (QED) is 0.403. The number of halogens is 4. The van der Waals surface area contributed by atoms with Gasteiger partial charge in [-0.25, -0.2) is 9.99 Å². The molecule has 0 saturated heterocycles. The molecule has 3 aromatic rings. The van der Waals surface area contributed by atoms with E-state index in [1.807, 2.05) is 12.1 Å². The topological polar surface area (TPSA) is 67.9 Å². The fourth-order valence-corrected chi connectivity index (χ4v) is 4.33. The summed E-state index contributed by atoms with van der Waals surface area (Å²) >= 11 is 6.90. The van der Waals surface area contributed by atoms with E-state index in [-0.39, 0.29) is 21.7 Å². The smallest absolute Gasteiger partial charge is 0.417 e. The molecule has 1 atom stereocenters. The van der Waals surface area contributed by atoms with Crippen LogP contribution in [0.25, 0.3) is 0 Å². The molecule has 33 heavy (non-hydrogen) atoms. The third-order valence-corrected chi connectivity index (χ3v) is 6.32. The first-order valence-electron chi connectivity index (χ1n) is 9.69. The lowest BCUT2D eigenvalue weighted by Crippen LogP contribution is -2.28. The highest BCUT2D eigenvalue weighted by molar-refractivity contribution is 8.00. The number of ether oxygens (including phenoxy) is 1. The molecule has 1 aliphatic rings. The molecule has 2 aromatic heterocycles. The van der Waals surface area contributed by atoms with E-state index >= 15 is 0 Å². The number of rotatable bonds is 6. The maximum Gasteiger partial charge on any atom is 0.417 e. The van der Waals surface area contributed by atoms with Crippen LogP contribution in [-0.2, 0) is 11.0 Å². The zero-order valence-electron chi connectivity index (χ0n) is 17.2. The number of aromatic nitrogens is 1. The minimum atomic E-state index is -4.55. The van der Waals surface area contributed by atoms with Crippen LogP contribution in [0.3, 0.4) is 0 Å². The number of furan rings is 1. The molecule has 0 bridgehead atoms. The summed E-state index contributed by atoms with van der Waals surface area (Å²) in [6, 6.07) is 11.2. The van der Waals surface area contributed by atoms with Gasteiger partial charge in [0.2, 0.25) is 0 Å². The van der Waals surface area contributed by atoms with Gasteiger partial charge < -0.3 is 9.15 Å². The Morgan fingerprint density at radius 1 is 1.30 bits per heavy atom. The third-order valence-electron chi connectivity index (χ3n) is 4.93. The van der Waals surface area contributed by atoms with Gasteiger partial charge in [0.15, 0.2) is 0 Å². The average Bonchev–Trinajstić information content (AvgIpc) is 3.47. The first-order valence-corrected chi connectivity index (χ1v) is 11.1. The Kier molecular flexibility index (Phi) is 6.66. The van der Waals surface area contributed by atoms with Crippen LogP contribution in [0.4, 0.5) is 13.2 Å². The van der Waals surface area contributed by atoms with Crippen molar-refractivity contribution in [3.05, 3.63) is 76.8 Å². The third kappa shape index (κ3) is 5.17. The van der Waals surface area contributed by atoms with E-state index in [4.69, 9.17) is 20.8 Å². The van der Waals surface area contributed by atoms with Crippen molar-refractivity contribution in [2.45, 2.75) is 23.7 Å². The number of alkyl halides is 3. The highest BCUT2D eigenvalue weighted by Gasteiger charge is 2.35. The number of thioether (sulfide) groups is 1. The van der Waals surface area contributed by atoms with Gasteiger partial charge in [-0.1, -0.05) is 23.4 Å². The fraction of sp³-hybridized carbons (Fsp3) is 0.227. The van der Waals surface area contributed by atoms with Crippen LogP contribution in [0.1, 0.15) is 29.3 Å². The van der Waals surface area contributed by atoms with E-state index in [1.165, 1.54) is 11.3 Å². The largest absolute Gasteiger partial charge is 0.497 e. The zero-order valence-corrected chi connectivity index (χ0v) is 18.7. The van der Waals surface area contributed by atoms with E-state index in [9.17, 15) is 18.0 Å². The van der Waals surface area contributed by atoms with Crippen LogP contribution in [0.2, 0.25) is 5.02 Å². The first kappa shape index (κ1) is 23.2. The van der Waals surface area contributed by atoms with Gasteiger partial charge in [-0.2, -0.15) is 18.3 Å². The normalized spacial score (nSPS) is 16.1. The maximum absolute atomic E-state index is 13.0. The van der Waals surface area contributed by atoms with Crippen molar-refractivity contribution in [2.75, 3.05) is 12.9 Å². The highest BCUT2D eigenvalue weighted by Crippen LogP contribution is 2.36. The van der Waals surface area contributed by atoms with Crippen molar-refractivity contribution in [2.24, 2.45) is 5.10 Å². The SMILES string of the molecule is COc1ccc(C2=NN(C(=O)CSc3ncc(C(F)(F)F)cc3Cl)C(c3ccco3)C2)cc1. The molecule has 0 saturated carbocycles. The molecule has 1 amide bonds. The van der Waals surface area contributed by atoms with Crippen molar-refractivity contribution >= 4 is 35.0 Å². The molecule has 3 heterocycles. The van der Waals surface area contributed by atoms with Gasteiger partial charge in [-0.05, 0) is 48.0 Å². The van der Waals surface area contributed by atoms with E-state index in [1.54, 1.807) is 31.4 Å². The van der Waals surface area contributed by atoms with Gasteiger partial charge in [0, 0.05) is 12.6 Å². The zero-order chi connectivity index (χ0) is 23.6. The predicted molar refractivity (Wildman–Crippen MR) is 117 cm³/mol. The summed E-state index contributed by atoms with van der Waals surface area (Å²) in [5, 5.41) is 5.81. The van der Waals surface area contributed by atoms with Gasteiger partial charge in [0.05, 0.1) is 35.4 Å². The number of hydrogen-bond acceptors (Lipinski definition) is 6. The molecule has 0 spiro atoms. The van der Waals surface area contributed by atoms with Crippen molar-refractivity contribution in [1.82, 2.24) is 9.99 Å². The van der Waals surface area contributed by atoms with E-state index in [0.29, 0.717) is 29.8 Å². The number of nitrogens with zero attached hydrogens (tertiary/aromatic N) is 3. The lowest BCUT2D eigenvalue weighted by molar-refractivity contribution is -0.138. The van der Waals surface area contributed by atoms with Gasteiger partial charge in [-0.15, -0.1) is 0 Å². The molecule has 6 nitrogen and oxygen atoms in total. The molecule has 0 N–H and O–H groups in total. The maximum atomic E-state index is 13.0. The minimum Gasteiger partial charge on any atom is -0.497 e. The number of hydrazone groups is 1. The molecule has 172 valence electrons. The van der Waals surface area contributed by atoms with E-state index in [0.717, 1.165) is 23.4 Å². The van der Waals surface area contributed by atoms with Crippen LogP contribution in [0.15, 0.2) is 69.5 Å².